The smallest absolute Gasteiger partial charge is 0.126 e. The molecular weight excluding hydrogens is 427 g/mol. The van der Waals surface area contributed by atoms with Crippen LogP contribution >= 0.6 is 0 Å². The van der Waals surface area contributed by atoms with E-state index in [9.17, 15) is 4.39 Å². The summed E-state index contributed by atoms with van der Waals surface area (Å²) in [6.45, 7) is 5.86. The predicted octanol–water partition coefficient (Wildman–Crippen LogP) is 4.83. The number of hydrogen-bond acceptors (Lipinski definition) is 4. The van der Waals surface area contributed by atoms with Crippen LogP contribution in [0.5, 0.6) is 5.75 Å². The van der Waals surface area contributed by atoms with Gasteiger partial charge in [0.2, 0.25) is 0 Å². The van der Waals surface area contributed by atoms with Gasteiger partial charge in [0, 0.05) is 43.5 Å². The minimum Gasteiger partial charge on any atom is -0.496 e. The Hall–Kier alpha value is -2.70. The first-order valence-corrected chi connectivity index (χ1v) is 12.2. The molecule has 182 valence electrons. The number of halogens is 1. The summed E-state index contributed by atoms with van der Waals surface area (Å²) in [5.74, 6) is 1.36. The van der Waals surface area contributed by atoms with E-state index < -0.39 is 0 Å². The average molecular weight is 465 g/mol. The Kier molecular flexibility index (Phi) is 8.01. The number of aryl methyl sites for hydroxylation is 2. The fourth-order valence-electron chi connectivity index (χ4n) is 5.33. The number of piperidine rings is 1. The highest BCUT2D eigenvalue weighted by molar-refractivity contribution is 5.33. The van der Waals surface area contributed by atoms with Gasteiger partial charge < -0.3 is 4.74 Å². The van der Waals surface area contributed by atoms with Crippen molar-refractivity contribution < 1.29 is 9.13 Å². The highest BCUT2D eigenvalue weighted by Crippen LogP contribution is 2.30. The largest absolute Gasteiger partial charge is 0.496 e. The van der Waals surface area contributed by atoms with Gasteiger partial charge in [0.25, 0.3) is 0 Å². The van der Waals surface area contributed by atoms with Crippen molar-refractivity contribution in [2.75, 3.05) is 27.2 Å². The topological polar surface area (TPSA) is 33.5 Å². The molecule has 1 atom stereocenters. The molecule has 0 aliphatic carbocycles. The summed E-state index contributed by atoms with van der Waals surface area (Å²) in [6, 6.07) is 15.8. The molecule has 1 aromatic heterocycles. The number of methoxy groups -OCH3 is 1. The third kappa shape index (κ3) is 5.86. The fraction of sp³-hybridized carbons (Fsp3) is 0.464. The lowest BCUT2D eigenvalue weighted by molar-refractivity contribution is 0.0945. The van der Waals surface area contributed by atoms with Crippen molar-refractivity contribution in [3.63, 3.8) is 0 Å². The fourth-order valence-corrected chi connectivity index (χ4v) is 5.33. The molecule has 1 aliphatic rings. The Labute approximate surface area is 203 Å². The van der Waals surface area contributed by atoms with E-state index in [1.54, 1.807) is 19.2 Å². The maximum Gasteiger partial charge on any atom is 0.126 e. The molecule has 34 heavy (non-hydrogen) atoms. The highest BCUT2D eigenvalue weighted by atomic mass is 19.1. The van der Waals surface area contributed by atoms with Gasteiger partial charge in [0.15, 0.2) is 0 Å². The molecule has 1 unspecified atom stereocenters. The maximum atomic E-state index is 14.6. The summed E-state index contributed by atoms with van der Waals surface area (Å²) in [5, 5.41) is 4.51. The average Bonchev–Trinajstić information content (AvgIpc) is 3.15. The summed E-state index contributed by atoms with van der Waals surface area (Å²) in [7, 11) is 5.88. The molecule has 2 aromatic carbocycles. The van der Waals surface area contributed by atoms with Crippen molar-refractivity contribution in [2.45, 2.75) is 45.3 Å². The van der Waals surface area contributed by atoms with Gasteiger partial charge in [-0.2, -0.15) is 5.10 Å². The lowest BCUT2D eigenvalue weighted by Crippen LogP contribution is -2.45. The monoisotopic (exact) mass is 464 g/mol. The van der Waals surface area contributed by atoms with Crippen LogP contribution in [0.2, 0.25) is 0 Å². The number of nitrogens with zero attached hydrogens (tertiary/aromatic N) is 4. The number of likely N-dealkylation sites (N-methyl/N-ethyl adjacent to an activating group) is 1. The quantitative estimate of drug-likeness (QED) is 0.454. The number of para-hydroxylation sites is 1. The minimum atomic E-state index is -0.105. The normalized spacial score (nSPS) is 16.2. The number of aromatic nitrogens is 2. The van der Waals surface area contributed by atoms with Gasteiger partial charge in [-0.15, -0.1) is 0 Å². The molecule has 0 amide bonds. The van der Waals surface area contributed by atoms with Crippen molar-refractivity contribution in [1.82, 2.24) is 19.6 Å². The van der Waals surface area contributed by atoms with Crippen molar-refractivity contribution in [1.29, 1.82) is 0 Å². The Morgan fingerprint density at radius 1 is 1.06 bits per heavy atom. The Balaban J connectivity index is 1.46. The zero-order valence-electron chi connectivity index (χ0n) is 20.9. The molecule has 1 fully saturated rings. The van der Waals surface area contributed by atoms with Crippen LogP contribution in [-0.4, -0.2) is 52.9 Å². The van der Waals surface area contributed by atoms with Crippen LogP contribution in [0, 0.1) is 18.7 Å². The molecule has 0 N–H and O–H groups in total. The lowest BCUT2D eigenvalue weighted by atomic mass is 9.84. The zero-order chi connectivity index (χ0) is 24.1. The molecule has 0 bridgehead atoms. The molecule has 5 nitrogen and oxygen atoms in total. The molecule has 0 spiro atoms. The van der Waals surface area contributed by atoms with Gasteiger partial charge in [-0.25, -0.2) is 4.39 Å². The first-order chi connectivity index (χ1) is 16.4. The SMILES string of the molecule is COc1ccccc1CN1CCC(C(Cc2ccccc2F)N(C)Cc2cn(C)nc2C)CC1. The standard InChI is InChI=1S/C28H37FN4O/c1-21-25(19-32(3)30-21)18-31(2)27(17-23-9-5-7-11-26(23)29)22-13-15-33(16-14-22)20-24-10-6-8-12-28(24)34-4/h5-12,19,22,27H,13-18,20H2,1-4H3. The number of benzene rings is 2. The Morgan fingerprint density at radius 2 is 1.74 bits per heavy atom. The molecule has 6 heteroatoms. The Bertz CT molecular complexity index is 1070. The van der Waals surface area contributed by atoms with Crippen LogP contribution in [0.25, 0.3) is 0 Å². The molecule has 1 aliphatic heterocycles. The van der Waals surface area contributed by atoms with E-state index >= 15 is 0 Å². The van der Waals surface area contributed by atoms with Gasteiger partial charge in [0.1, 0.15) is 11.6 Å². The van der Waals surface area contributed by atoms with E-state index in [0.717, 1.165) is 62.4 Å². The van der Waals surface area contributed by atoms with Crippen LogP contribution in [0.1, 0.15) is 35.2 Å². The van der Waals surface area contributed by atoms with E-state index in [-0.39, 0.29) is 11.9 Å². The van der Waals surface area contributed by atoms with Crippen LogP contribution in [0.3, 0.4) is 0 Å². The predicted molar refractivity (Wildman–Crippen MR) is 134 cm³/mol. The van der Waals surface area contributed by atoms with E-state index in [1.807, 2.05) is 36.0 Å². The first-order valence-electron chi connectivity index (χ1n) is 12.2. The molecule has 4 rings (SSSR count). The molecule has 0 radical (unpaired) electrons. The second-order valence-electron chi connectivity index (χ2n) is 9.62. The highest BCUT2D eigenvalue weighted by Gasteiger charge is 2.30. The van der Waals surface area contributed by atoms with Crippen molar-refractivity contribution in [3.8, 4) is 5.75 Å². The number of rotatable bonds is 9. The van der Waals surface area contributed by atoms with Gasteiger partial charge >= 0.3 is 0 Å². The van der Waals surface area contributed by atoms with Crippen LogP contribution in [0.15, 0.2) is 54.7 Å². The van der Waals surface area contributed by atoms with Crippen molar-refractivity contribution in [2.24, 2.45) is 13.0 Å². The van der Waals surface area contributed by atoms with E-state index in [1.165, 1.54) is 11.1 Å². The number of ether oxygens (including phenoxy) is 1. The lowest BCUT2D eigenvalue weighted by Gasteiger charge is -2.40. The number of likely N-dealkylation sites (tertiary alicyclic amines) is 1. The second kappa shape index (κ2) is 11.2. The molecular formula is C28H37FN4O. The third-order valence-electron chi connectivity index (χ3n) is 7.25. The minimum absolute atomic E-state index is 0.105. The number of hydrogen-bond donors (Lipinski definition) is 0. The summed E-state index contributed by atoms with van der Waals surface area (Å²) >= 11 is 0. The molecule has 0 saturated carbocycles. The van der Waals surface area contributed by atoms with Gasteiger partial charge in [-0.1, -0.05) is 36.4 Å². The zero-order valence-corrected chi connectivity index (χ0v) is 20.9. The third-order valence-corrected chi connectivity index (χ3v) is 7.25. The molecule has 2 heterocycles. The van der Waals surface area contributed by atoms with Gasteiger partial charge in [0.05, 0.1) is 12.8 Å². The molecule has 1 saturated heterocycles. The van der Waals surface area contributed by atoms with E-state index in [2.05, 4.69) is 47.2 Å². The summed E-state index contributed by atoms with van der Waals surface area (Å²) in [4.78, 5) is 4.93. The van der Waals surface area contributed by atoms with Gasteiger partial charge in [-0.05, 0) is 69.9 Å². The van der Waals surface area contributed by atoms with Crippen LogP contribution < -0.4 is 4.74 Å². The summed E-state index contributed by atoms with van der Waals surface area (Å²) in [5.41, 5.74) is 4.33. The van der Waals surface area contributed by atoms with Crippen molar-refractivity contribution >= 4 is 0 Å². The first kappa shape index (κ1) is 24.4. The van der Waals surface area contributed by atoms with Gasteiger partial charge in [-0.3, -0.25) is 14.5 Å². The molecule has 3 aromatic rings. The van der Waals surface area contributed by atoms with Crippen LogP contribution in [0.4, 0.5) is 4.39 Å². The Morgan fingerprint density at radius 3 is 2.38 bits per heavy atom. The maximum absolute atomic E-state index is 14.6. The summed E-state index contributed by atoms with van der Waals surface area (Å²) in [6.07, 6.45) is 5.02. The second-order valence-corrected chi connectivity index (χ2v) is 9.62. The van der Waals surface area contributed by atoms with Crippen LogP contribution in [-0.2, 0) is 26.6 Å². The van der Waals surface area contributed by atoms with Crippen molar-refractivity contribution in [3.05, 3.63) is 82.9 Å². The van der Waals surface area contributed by atoms with E-state index in [4.69, 9.17) is 4.74 Å². The van der Waals surface area contributed by atoms with E-state index in [0.29, 0.717) is 5.92 Å². The summed E-state index contributed by atoms with van der Waals surface area (Å²) < 4.78 is 22.0.